The Morgan fingerprint density at radius 1 is 1.06 bits per heavy atom. The molecule has 32 heavy (non-hydrogen) atoms. The summed E-state index contributed by atoms with van der Waals surface area (Å²) in [6.45, 7) is 3.99. The molecule has 0 atom stereocenters. The molecular formula is C25H26N4O3. The number of nitrogens with zero attached hydrogens (tertiary/aromatic N) is 3. The predicted molar refractivity (Wildman–Crippen MR) is 124 cm³/mol. The number of aryl methyl sites for hydroxylation is 3. The van der Waals surface area contributed by atoms with Gasteiger partial charge in [-0.05, 0) is 55.7 Å². The molecule has 0 spiro atoms. The Hall–Kier alpha value is -3.87. The Morgan fingerprint density at radius 2 is 1.78 bits per heavy atom. The van der Waals surface area contributed by atoms with Crippen molar-refractivity contribution in [3.63, 3.8) is 0 Å². The second kappa shape index (κ2) is 9.09. The lowest BCUT2D eigenvalue weighted by molar-refractivity contribution is -0.116. The molecule has 0 aliphatic heterocycles. The molecule has 164 valence electrons. The van der Waals surface area contributed by atoms with E-state index in [-0.39, 0.29) is 5.91 Å². The van der Waals surface area contributed by atoms with Gasteiger partial charge in [0.2, 0.25) is 11.8 Å². The van der Waals surface area contributed by atoms with Crippen molar-refractivity contribution in [1.29, 1.82) is 0 Å². The number of aromatic nitrogens is 3. The van der Waals surface area contributed by atoms with Crippen molar-refractivity contribution < 1.29 is 14.3 Å². The lowest BCUT2D eigenvalue weighted by Crippen LogP contribution is -2.14. The fourth-order valence-electron chi connectivity index (χ4n) is 3.83. The molecule has 0 saturated carbocycles. The van der Waals surface area contributed by atoms with E-state index in [1.807, 2.05) is 75.5 Å². The standard InChI is InChI=1S/C25H26N4O3/c1-16-19(17(2)26-24-23(16)25(31-4)28-29(24)3)14-15-22(30)27-20-12-8-9-13-21(20)32-18-10-6-5-7-11-18/h5-13H,14-15H2,1-4H3,(H,27,30). The summed E-state index contributed by atoms with van der Waals surface area (Å²) in [4.78, 5) is 17.5. The van der Waals surface area contributed by atoms with Crippen LogP contribution in [0.2, 0.25) is 0 Å². The van der Waals surface area contributed by atoms with Crippen LogP contribution in [-0.2, 0) is 18.3 Å². The van der Waals surface area contributed by atoms with Crippen molar-refractivity contribution in [3.8, 4) is 17.4 Å². The van der Waals surface area contributed by atoms with Crippen molar-refractivity contribution in [3.05, 3.63) is 71.4 Å². The minimum atomic E-state index is -0.0915. The SMILES string of the molecule is COc1nn(C)c2nc(C)c(CCC(=O)Nc3ccccc3Oc3ccccc3)c(C)c12. The fraction of sp³-hybridized carbons (Fsp3) is 0.240. The second-order valence-corrected chi connectivity index (χ2v) is 7.59. The van der Waals surface area contributed by atoms with Gasteiger partial charge in [-0.1, -0.05) is 30.3 Å². The third-order valence-electron chi connectivity index (χ3n) is 5.45. The van der Waals surface area contributed by atoms with Gasteiger partial charge in [-0.25, -0.2) is 9.67 Å². The van der Waals surface area contributed by atoms with Crippen molar-refractivity contribution in [2.45, 2.75) is 26.7 Å². The Kier molecular flexibility index (Phi) is 6.07. The van der Waals surface area contributed by atoms with Gasteiger partial charge in [-0.3, -0.25) is 4.79 Å². The summed E-state index contributed by atoms with van der Waals surface area (Å²) < 4.78 is 13.1. The lowest BCUT2D eigenvalue weighted by Gasteiger charge is -2.13. The van der Waals surface area contributed by atoms with Gasteiger partial charge in [0.05, 0.1) is 18.2 Å². The second-order valence-electron chi connectivity index (χ2n) is 7.59. The highest BCUT2D eigenvalue weighted by molar-refractivity contribution is 5.93. The lowest BCUT2D eigenvalue weighted by atomic mass is 10.00. The number of rotatable bonds is 7. The zero-order chi connectivity index (χ0) is 22.7. The van der Waals surface area contributed by atoms with Crippen molar-refractivity contribution >= 4 is 22.6 Å². The number of methoxy groups -OCH3 is 1. The Morgan fingerprint density at radius 3 is 2.53 bits per heavy atom. The molecule has 2 aromatic carbocycles. The minimum absolute atomic E-state index is 0.0915. The number of para-hydroxylation sites is 3. The largest absolute Gasteiger partial charge is 0.479 e. The summed E-state index contributed by atoms with van der Waals surface area (Å²) in [6, 6.07) is 16.9. The van der Waals surface area contributed by atoms with Crippen LogP contribution in [0.15, 0.2) is 54.6 Å². The number of carbonyl (C=O) groups excluding carboxylic acids is 1. The van der Waals surface area contributed by atoms with Crippen LogP contribution in [0.25, 0.3) is 11.0 Å². The van der Waals surface area contributed by atoms with Gasteiger partial charge < -0.3 is 14.8 Å². The molecule has 0 aliphatic rings. The minimum Gasteiger partial charge on any atom is -0.479 e. The normalized spacial score (nSPS) is 10.9. The first-order valence-corrected chi connectivity index (χ1v) is 10.5. The van der Waals surface area contributed by atoms with Crippen molar-refractivity contribution in [2.24, 2.45) is 7.05 Å². The first kappa shape index (κ1) is 21.4. The molecular weight excluding hydrogens is 404 g/mol. The van der Waals surface area contributed by atoms with Gasteiger partial charge in [0.15, 0.2) is 11.4 Å². The van der Waals surface area contributed by atoms with Crippen LogP contribution in [0.4, 0.5) is 5.69 Å². The number of hydrogen-bond donors (Lipinski definition) is 1. The molecule has 4 rings (SSSR count). The maximum atomic E-state index is 12.8. The summed E-state index contributed by atoms with van der Waals surface area (Å²) in [7, 11) is 3.45. The third-order valence-corrected chi connectivity index (χ3v) is 5.45. The molecule has 0 bridgehead atoms. The van der Waals surface area contributed by atoms with Gasteiger partial charge in [0, 0.05) is 19.2 Å². The van der Waals surface area contributed by atoms with Gasteiger partial charge in [0.1, 0.15) is 5.75 Å². The van der Waals surface area contributed by atoms with E-state index < -0.39 is 0 Å². The van der Waals surface area contributed by atoms with Crippen LogP contribution in [-0.4, -0.2) is 27.8 Å². The van der Waals surface area contributed by atoms with Crippen molar-refractivity contribution in [2.75, 3.05) is 12.4 Å². The van der Waals surface area contributed by atoms with Gasteiger partial charge in [-0.2, -0.15) is 0 Å². The topological polar surface area (TPSA) is 78.3 Å². The van der Waals surface area contributed by atoms with E-state index in [1.54, 1.807) is 11.8 Å². The highest BCUT2D eigenvalue weighted by atomic mass is 16.5. The monoisotopic (exact) mass is 430 g/mol. The van der Waals surface area contributed by atoms with E-state index >= 15 is 0 Å². The summed E-state index contributed by atoms with van der Waals surface area (Å²) in [5.41, 5.74) is 4.38. The molecule has 0 radical (unpaired) electrons. The zero-order valence-electron chi connectivity index (χ0n) is 18.7. The molecule has 1 N–H and O–H groups in total. The number of ether oxygens (including phenoxy) is 2. The maximum absolute atomic E-state index is 12.8. The summed E-state index contributed by atoms with van der Waals surface area (Å²) in [5.74, 6) is 1.77. The summed E-state index contributed by atoms with van der Waals surface area (Å²) in [5, 5.41) is 8.25. The quantitative estimate of drug-likeness (QED) is 0.448. The predicted octanol–water partition coefficient (Wildman–Crippen LogP) is 4.96. The van der Waals surface area contributed by atoms with Crippen LogP contribution >= 0.6 is 0 Å². The average Bonchev–Trinajstić information content (AvgIpc) is 3.11. The highest BCUT2D eigenvalue weighted by Crippen LogP contribution is 2.31. The molecule has 0 aliphatic carbocycles. The molecule has 0 fully saturated rings. The highest BCUT2D eigenvalue weighted by Gasteiger charge is 2.19. The number of amides is 1. The number of hydrogen-bond acceptors (Lipinski definition) is 5. The number of benzene rings is 2. The van der Waals surface area contributed by atoms with Crippen molar-refractivity contribution in [1.82, 2.24) is 14.8 Å². The van der Waals surface area contributed by atoms with Crippen LogP contribution in [0.5, 0.6) is 17.4 Å². The average molecular weight is 431 g/mol. The number of anilines is 1. The Bertz CT molecular complexity index is 1270. The third kappa shape index (κ3) is 4.27. The number of pyridine rings is 1. The maximum Gasteiger partial charge on any atom is 0.242 e. The fourth-order valence-corrected chi connectivity index (χ4v) is 3.83. The Labute approximate surface area is 187 Å². The molecule has 1 amide bonds. The molecule has 0 saturated heterocycles. The molecule has 7 heteroatoms. The first-order valence-electron chi connectivity index (χ1n) is 10.5. The van der Waals surface area contributed by atoms with Crippen LogP contribution < -0.4 is 14.8 Å². The van der Waals surface area contributed by atoms with Gasteiger partial charge in [-0.15, -0.1) is 5.10 Å². The number of fused-ring (bicyclic) bond motifs is 1. The molecule has 2 heterocycles. The van der Waals surface area contributed by atoms with Crippen LogP contribution in [0, 0.1) is 13.8 Å². The molecule has 2 aromatic heterocycles. The zero-order valence-corrected chi connectivity index (χ0v) is 18.7. The Balaban J connectivity index is 1.50. The molecule has 4 aromatic rings. The number of nitrogens with one attached hydrogen (secondary N) is 1. The summed E-state index contributed by atoms with van der Waals surface area (Å²) >= 11 is 0. The summed E-state index contributed by atoms with van der Waals surface area (Å²) in [6.07, 6.45) is 0.878. The smallest absolute Gasteiger partial charge is 0.242 e. The van der Waals surface area contributed by atoms with E-state index in [1.165, 1.54) is 0 Å². The van der Waals surface area contributed by atoms with E-state index in [0.717, 1.165) is 27.9 Å². The molecule has 7 nitrogen and oxygen atoms in total. The van der Waals surface area contributed by atoms with E-state index in [0.29, 0.717) is 35.9 Å². The van der Waals surface area contributed by atoms with E-state index in [4.69, 9.17) is 14.5 Å². The van der Waals surface area contributed by atoms with E-state index in [2.05, 4.69) is 10.4 Å². The number of carbonyl (C=O) groups is 1. The van der Waals surface area contributed by atoms with Gasteiger partial charge >= 0.3 is 0 Å². The molecule has 0 unspecified atom stereocenters. The van der Waals surface area contributed by atoms with Crippen LogP contribution in [0.3, 0.4) is 0 Å². The first-order chi connectivity index (χ1) is 15.5. The van der Waals surface area contributed by atoms with Gasteiger partial charge in [0.25, 0.3) is 0 Å². The van der Waals surface area contributed by atoms with Crippen LogP contribution in [0.1, 0.15) is 23.2 Å². The van der Waals surface area contributed by atoms with E-state index in [9.17, 15) is 4.79 Å².